The fourth-order valence-electron chi connectivity index (χ4n) is 6.15. The number of methoxy groups -OCH3 is 5. The standard InChI is InChI=1S/C36H34N6O5/c1-21-31-32(22-18-29(45-4)33(47-6)30(19-22)46-5)41-27-15-11-10-14-25(27)37-34(38-26-17-16-24(43-2)20-28(26)44-3)36(41)39-35(31)42(40-21)23-12-8-7-9-13-23/h7-20,32H,1-6H3,(H,37,38). The van der Waals surface area contributed by atoms with Gasteiger partial charge in [0.25, 0.3) is 0 Å². The van der Waals surface area contributed by atoms with Crippen LogP contribution >= 0.6 is 0 Å². The van der Waals surface area contributed by atoms with Gasteiger partial charge in [-0.25, -0.2) is 14.7 Å². The summed E-state index contributed by atoms with van der Waals surface area (Å²) in [5, 5.41) is 8.55. The van der Waals surface area contributed by atoms with Crippen molar-refractivity contribution in [3.63, 3.8) is 0 Å². The third kappa shape index (κ3) is 4.96. The molecular weight excluding hydrogens is 596 g/mol. The van der Waals surface area contributed by atoms with Gasteiger partial charge in [0, 0.05) is 11.6 Å². The number of nitrogens with one attached hydrogen (secondary N) is 1. The second-order valence-electron chi connectivity index (χ2n) is 10.9. The molecular formula is C36H34N6O5. The molecule has 0 amide bonds. The Morgan fingerprint density at radius 3 is 2.09 bits per heavy atom. The predicted molar refractivity (Wildman–Crippen MR) is 183 cm³/mol. The van der Waals surface area contributed by atoms with Crippen LogP contribution in [0, 0.1) is 6.92 Å². The Labute approximate surface area is 272 Å². The molecule has 238 valence electrons. The Morgan fingerprint density at radius 1 is 0.702 bits per heavy atom. The van der Waals surface area contributed by atoms with Crippen molar-refractivity contribution in [1.82, 2.24) is 9.78 Å². The van der Waals surface area contributed by atoms with E-state index < -0.39 is 6.04 Å². The average molecular weight is 631 g/mol. The summed E-state index contributed by atoms with van der Waals surface area (Å²) in [6, 6.07) is 27.1. The van der Waals surface area contributed by atoms with Crippen molar-refractivity contribution in [3.8, 4) is 34.4 Å². The van der Waals surface area contributed by atoms with E-state index in [0.29, 0.717) is 51.9 Å². The molecule has 0 radical (unpaired) electrons. The predicted octanol–water partition coefficient (Wildman–Crippen LogP) is 7.02. The van der Waals surface area contributed by atoms with Crippen LogP contribution < -0.4 is 33.9 Å². The van der Waals surface area contributed by atoms with Gasteiger partial charge in [0.15, 0.2) is 29.0 Å². The third-order valence-corrected chi connectivity index (χ3v) is 8.30. The summed E-state index contributed by atoms with van der Waals surface area (Å²) in [5.41, 5.74) is 5.91. The van der Waals surface area contributed by atoms with Crippen molar-refractivity contribution >= 4 is 34.6 Å². The van der Waals surface area contributed by atoms with Gasteiger partial charge >= 0.3 is 0 Å². The van der Waals surface area contributed by atoms with E-state index in [0.717, 1.165) is 33.9 Å². The van der Waals surface area contributed by atoms with Crippen LogP contribution in [0.1, 0.15) is 22.9 Å². The number of para-hydroxylation sites is 3. The number of fused-ring (bicyclic) bond motifs is 4. The highest BCUT2D eigenvalue weighted by molar-refractivity contribution is 6.51. The molecule has 2 aliphatic heterocycles. The maximum absolute atomic E-state index is 5.82. The Hall–Kier alpha value is -5.97. The van der Waals surface area contributed by atoms with Crippen molar-refractivity contribution in [3.05, 3.63) is 102 Å². The van der Waals surface area contributed by atoms with E-state index in [-0.39, 0.29) is 0 Å². The van der Waals surface area contributed by atoms with Gasteiger partial charge in [0.1, 0.15) is 11.5 Å². The zero-order valence-corrected chi connectivity index (χ0v) is 26.9. The van der Waals surface area contributed by atoms with E-state index in [9.17, 15) is 0 Å². The zero-order chi connectivity index (χ0) is 32.7. The number of ether oxygens (including phenoxy) is 5. The summed E-state index contributed by atoms with van der Waals surface area (Å²) < 4.78 is 30.4. The number of aliphatic imine (C=N–C) groups is 2. The number of aryl methyl sites for hydroxylation is 1. The van der Waals surface area contributed by atoms with Crippen LogP contribution in [0.2, 0.25) is 0 Å². The van der Waals surface area contributed by atoms with Gasteiger partial charge in [0.2, 0.25) is 5.75 Å². The van der Waals surface area contributed by atoms with E-state index in [1.165, 1.54) is 0 Å². The summed E-state index contributed by atoms with van der Waals surface area (Å²) in [4.78, 5) is 12.6. The van der Waals surface area contributed by atoms with E-state index in [1.807, 2.05) is 96.5 Å². The highest BCUT2D eigenvalue weighted by atomic mass is 16.5. The van der Waals surface area contributed by atoms with Gasteiger partial charge in [-0.15, -0.1) is 0 Å². The van der Waals surface area contributed by atoms with E-state index in [2.05, 4.69) is 10.2 Å². The van der Waals surface area contributed by atoms with Gasteiger partial charge in [-0.2, -0.15) is 5.10 Å². The topological polar surface area (TPSA) is 104 Å². The summed E-state index contributed by atoms with van der Waals surface area (Å²) >= 11 is 0. The smallest absolute Gasteiger partial charge is 0.203 e. The molecule has 0 aliphatic carbocycles. The number of hydrogen-bond donors (Lipinski definition) is 1. The molecule has 0 bridgehead atoms. The molecule has 11 heteroatoms. The second kappa shape index (κ2) is 12.1. The lowest BCUT2D eigenvalue weighted by molar-refractivity contribution is 0.323. The normalized spacial score (nSPS) is 14.6. The van der Waals surface area contributed by atoms with Crippen LogP contribution in [-0.2, 0) is 0 Å². The van der Waals surface area contributed by atoms with E-state index >= 15 is 0 Å². The van der Waals surface area contributed by atoms with Crippen molar-refractivity contribution < 1.29 is 23.7 Å². The number of rotatable bonds is 8. The molecule has 5 aromatic rings. The minimum absolute atomic E-state index is 0.408. The first-order chi connectivity index (χ1) is 23.0. The molecule has 1 N–H and O–H groups in total. The lowest BCUT2D eigenvalue weighted by Gasteiger charge is -2.40. The highest BCUT2D eigenvalue weighted by Gasteiger charge is 2.42. The fourth-order valence-corrected chi connectivity index (χ4v) is 6.15. The average Bonchev–Trinajstić information content (AvgIpc) is 3.46. The number of anilines is 2. The molecule has 0 saturated carbocycles. The van der Waals surface area contributed by atoms with Gasteiger partial charge in [-0.05, 0) is 61.0 Å². The van der Waals surface area contributed by atoms with Crippen LogP contribution in [0.5, 0.6) is 28.7 Å². The molecule has 1 unspecified atom stereocenters. The lowest BCUT2D eigenvalue weighted by atomic mass is 9.92. The summed E-state index contributed by atoms with van der Waals surface area (Å²) in [6.45, 7) is 2.01. The molecule has 1 aromatic heterocycles. The monoisotopic (exact) mass is 630 g/mol. The highest BCUT2D eigenvalue weighted by Crippen LogP contribution is 2.51. The molecule has 3 heterocycles. The molecule has 7 rings (SSSR count). The summed E-state index contributed by atoms with van der Waals surface area (Å²) in [6.07, 6.45) is 0. The van der Waals surface area contributed by atoms with Crippen LogP contribution in [0.3, 0.4) is 0 Å². The van der Waals surface area contributed by atoms with Gasteiger partial charge in [-0.1, -0.05) is 30.3 Å². The molecule has 47 heavy (non-hydrogen) atoms. The van der Waals surface area contributed by atoms with Crippen molar-refractivity contribution in [2.24, 2.45) is 9.98 Å². The fraction of sp³-hybridized carbons (Fsp3) is 0.194. The lowest BCUT2D eigenvalue weighted by Crippen LogP contribution is -2.46. The quantitative estimate of drug-likeness (QED) is 0.195. The Kier molecular flexibility index (Phi) is 7.64. The number of benzene rings is 4. The summed E-state index contributed by atoms with van der Waals surface area (Å²) in [7, 11) is 8.08. The van der Waals surface area contributed by atoms with Crippen molar-refractivity contribution in [2.75, 3.05) is 45.8 Å². The molecule has 11 nitrogen and oxygen atoms in total. The van der Waals surface area contributed by atoms with Gasteiger partial charge in [-0.3, -0.25) is 0 Å². The maximum atomic E-state index is 5.82. The Balaban J connectivity index is 1.51. The molecule has 2 aliphatic rings. The second-order valence-corrected chi connectivity index (χ2v) is 10.9. The van der Waals surface area contributed by atoms with Gasteiger partial charge in [0.05, 0.1) is 70.0 Å². The van der Waals surface area contributed by atoms with Crippen molar-refractivity contribution in [1.29, 1.82) is 0 Å². The third-order valence-electron chi connectivity index (χ3n) is 8.30. The van der Waals surface area contributed by atoms with Crippen molar-refractivity contribution in [2.45, 2.75) is 13.0 Å². The largest absolute Gasteiger partial charge is 0.497 e. The van der Waals surface area contributed by atoms with Crippen LogP contribution in [0.25, 0.3) is 5.69 Å². The first-order valence-electron chi connectivity index (χ1n) is 15.0. The number of amidine groups is 2. The SMILES string of the molecule is COc1ccc(NC2=Nc3ccccc3N3C2=Nc2c(c(C)nn2-c2ccccc2)C3c2cc(OC)c(OC)c(OC)c2)c(OC)c1. The molecule has 1 atom stereocenters. The molecule has 0 spiro atoms. The first-order valence-corrected chi connectivity index (χ1v) is 15.0. The van der Waals surface area contributed by atoms with E-state index in [1.54, 1.807) is 35.5 Å². The Bertz CT molecular complexity index is 2010. The zero-order valence-electron chi connectivity index (χ0n) is 26.9. The van der Waals surface area contributed by atoms with Gasteiger partial charge < -0.3 is 33.9 Å². The first kappa shape index (κ1) is 29.7. The van der Waals surface area contributed by atoms with Crippen LogP contribution in [-0.4, -0.2) is 57.0 Å². The molecule has 0 saturated heterocycles. The minimum atomic E-state index is -0.408. The Morgan fingerprint density at radius 2 is 1.40 bits per heavy atom. The van der Waals surface area contributed by atoms with Crippen LogP contribution in [0.15, 0.2) is 94.9 Å². The minimum Gasteiger partial charge on any atom is -0.497 e. The number of nitrogens with zero attached hydrogens (tertiary/aromatic N) is 5. The number of aromatic nitrogens is 2. The molecule has 4 aromatic carbocycles. The number of hydrogen-bond acceptors (Lipinski definition) is 10. The van der Waals surface area contributed by atoms with Crippen LogP contribution in [0.4, 0.5) is 22.9 Å². The summed E-state index contributed by atoms with van der Waals surface area (Å²) in [5.74, 6) is 4.69. The molecule has 0 fully saturated rings. The maximum Gasteiger partial charge on any atom is 0.203 e. The van der Waals surface area contributed by atoms with E-state index in [4.69, 9.17) is 38.8 Å².